The first-order valence-electron chi connectivity index (χ1n) is 16.5. The molecule has 2 aromatic heterocycles. The van der Waals surface area contributed by atoms with Crippen LogP contribution in [-0.2, 0) is 0 Å². The standard InChI is InChI=1S/C46H30N2/c1-3-13-31(14-4-1)34-18-11-20-36(29-34)47-41-24-10-9-23-39(41)44-42(47)27-28-43-45(44)40-26-25-33-17-7-8-22-38(33)46(40)48(43)37-21-12-19-35(30-37)32-15-5-2-6-16-32/h1-30H. The van der Waals surface area contributed by atoms with E-state index in [0.29, 0.717) is 0 Å². The molecule has 2 heterocycles. The van der Waals surface area contributed by atoms with Gasteiger partial charge >= 0.3 is 0 Å². The van der Waals surface area contributed by atoms with E-state index in [1.54, 1.807) is 0 Å². The van der Waals surface area contributed by atoms with Crippen LogP contribution in [0.25, 0.3) is 88.0 Å². The number of fused-ring (bicyclic) bond motifs is 9. The highest BCUT2D eigenvalue weighted by atomic mass is 15.0. The molecule has 0 spiro atoms. The highest BCUT2D eigenvalue weighted by molar-refractivity contribution is 6.31. The monoisotopic (exact) mass is 610 g/mol. The molecule has 0 aliphatic heterocycles. The Balaban J connectivity index is 1.33. The van der Waals surface area contributed by atoms with Gasteiger partial charge in [0.2, 0.25) is 0 Å². The molecular formula is C46H30N2. The van der Waals surface area contributed by atoms with Crippen LogP contribution in [0.3, 0.4) is 0 Å². The summed E-state index contributed by atoms with van der Waals surface area (Å²) in [5.41, 5.74) is 12.0. The van der Waals surface area contributed by atoms with Gasteiger partial charge in [-0.05, 0) is 70.1 Å². The van der Waals surface area contributed by atoms with Crippen molar-refractivity contribution in [2.45, 2.75) is 0 Å². The van der Waals surface area contributed by atoms with Crippen molar-refractivity contribution < 1.29 is 0 Å². The summed E-state index contributed by atoms with van der Waals surface area (Å²) < 4.78 is 4.93. The highest BCUT2D eigenvalue weighted by Crippen LogP contribution is 2.44. The number of para-hydroxylation sites is 1. The Labute approximate surface area is 278 Å². The highest BCUT2D eigenvalue weighted by Gasteiger charge is 2.22. The molecule has 0 bridgehead atoms. The number of aromatic nitrogens is 2. The molecule has 10 aromatic rings. The van der Waals surface area contributed by atoms with E-state index in [1.807, 2.05) is 0 Å². The van der Waals surface area contributed by atoms with Crippen LogP contribution in [0.5, 0.6) is 0 Å². The fourth-order valence-corrected chi connectivity index (χ4v) is 7.78. The Morgan fingerprint density at radius 2 is 0.812 bits per heavy atom. The molecule has 0 radical (unpaired) electrons. The summed E-state index contributed by atoms with van der Waals surface area (Å²) >= 11 is 0. The topological polar surface area (TPSA) is 9.86 Å². The van der Waals surface area contributed by atoms with Crippen LogP contribution in [0.1, 0.15) is 0 Å². The largest absolute Gasteiger partial charge is 0.309 e. The first-order valence-corrected chi connectivity index (χ1v) is 16.5. The van der Waals surface area contributed by atoms with Gasteiger partial charge in [-0.25, -0.2) is 0 Å². The number of hydrogen-bond acceptors (Lipinski definition) is 0. The maximum absolute atomic E-state index is 2.49. The van der Waals surface area contributed by atoms with E-state index >= 15 is 0 Å². The first kappa shape index (κ1) is 26.8. The van der Waals surface area contributed by atoms with Gasteiger partial charge in [0.05, 0.1) is 22.1 Å². The third-order valence-corrected chi connectivity index (χ3v) is 9.87. The molecular weight excluding hydrogens is 581 g/mol. The summed E-state index contributed by atoms with van der Waals surface area (Å²) in [6.45, 7) is 0. The molecule has 0 saturated heterocycles. The normalized spacial score (nSPS) is 11.8. The van der Waals surface area contributed by atoms with Gasteiger partial charge in [0.15, 0.2) is 0 Å². The zero-order valence-corrected chi connectivity index (χ0v) is 26.2. The Morgan fingerprint density at radius 1 is 0.292 bits per heavy atom. The molecule has 0 saturated carbocycles. The molecule has 10 rings (SSSR count). The van der Waals surface area contributed by atoms with Crippen molar-refractivity contribution in [3.05, 3.63) is 182 Å². The predicted octanol–water partition coefficient (Wildman–Crippen LogP) is 12.4. The molecule has 0 aliphatic rings. The molecule has 0 N–H and O–H groups in total. The van der Waals surface area contributed by atoms with E-state index in [4.69, 9.17) is 0 Å². The van der Waals surface area contributed by atoms with Gasteiger partial charge in [-0.2, -0.15) is 0 Å². The number of hydrogen-bond donors (Lipinski definition) is 0. The van der Waals surface area contributed by atoms with Gasteiger partial charge < -0.3 is 9.13 Å². The summed E-state index contributed by atoms with van der Waals surface area (Å²) in [6, 6.07) is 66.1. The van der Waals surface area contributed by atoms with Gasteiger partial charge in [0, 0.05) is 38.3 Å². The maximum Gasteiger partial charge on any atom is 0.0619 e. The molecule has 48 heavy (non-hydrogen) atoms. The average Bonchev–Trinajstić information content (AvgIpc) is 3.69. The van der Waals surface area contributed by atoms with Crippen LogP contribution < -0.4 is 0 Å². The molecule has 0 unspecified atom stereocenters. The Morgan fingerprint density at radius 3 is 1.50 bits per heavy atom. The van der Waals surface area contributed by atoms with Crippen molar-refractivity contribution in [1.29, 1.82) is 0 Å². The van der Waals surface area contributed by atoms with Crippen LogP contribution in [0.15, 0.2) is 182 Å². The van der Waals surface area contributed by atoms with Crippen LogP contribution in [-0.4, -0.2) is 9.13 Å². The lowest BCUT2D eigenvalue weighted by atomic mass is 10.0. The fraction of sp³-hybridized carbons (Fsp3) is 0. The Kier molecular flexibility index (Phi) is 5.91. The summed E-state index contributed by atoms with van der Waals surface area (Å²) in [5.74, 6) is 0. The second kappa shape index (κ2) is 10.6. The summed E-state index contributed by atoms with van der Waals surface area (Å²) in [4.78, 5) is 0. The Bertz CT molecular complexity index is 2820. The maximum atomic E-state index is 2.49. The van der Waals surface area contributed by atoms with E-state index in [2.05, 4.69) is 191 Å². The van der Waals surface area contributed by atoms with E-state index in [9.17, 15) is 0 Å². The number of benzene rings is 8. The molecule has 8 aromatic carbocycles. The smallest absolute Gasteiger partial charge is 0.0619 e. The molecule has 0 amide bonds. The zero-order valence-electron chi connectivity index (χ0n) is 26.2. The summed E-state index contributed by atoms with van der Waals surface area (Å²) in [7, 11) is 0. The predicted molar refractivity (Wildman–Crippen MR) is 203 cm³/mol. The van der Waals surface area contributed by atoms with Crippen molar-refractivity contribution in [3.8, 4) is 33.6 Å². The van der Waals surface area contributed by atoms with E-state index in [-0.39, 0.29) is 0 Å². The second-order valence-electron chi connectivity index (χ2n) is 12.6. The minimum atomic E-state index is 1.16. The lowest BCUT2D eigenvalue weighted by Gasteiger charge is -2.12. The number of nitrogens with zero attached hydrogens (tertiary/aromatic N) is 2. The molecule has 0 atom stereocenters. The first-order chi connectivity index (χ1) is 23.8. The van der Waals surface area contributed by atoms with E-state index in [1.165, 1.54) is 76.6 Å². The fourth-order valence-electron chi connectivity index (χ4n) is 7.78. The molecule has 224 valence electrons. The van der Waals surface area contributed by atoms with Crippen molar-refractivity contribution in [1.82, 2.24) is 9.13 Å². The lowest BCUT2D eigenvalue weighted by molar-refractivity contribution is 1.17. The van der Waals surface area contributed by atoms with Crippen molar-refractivity contribution in [2.75, 3.05) is 0 Å². The second-order valence-corrected chi connectivity index (χ2v) is 12.6. The zero-order chi connectivity index (χ0) is 31.6. The molecule has 2 nitrogen and oxygen atoms in total. The van der Waals surface area contributed by atoms with E-state index < -0.39 is 0 Å². The third-order valence-electron chi connectivity index (χ3n) is 9.87. The third kappa shape index (κ3) is 4.00. The van der Waals surface area contributed by atoms with Crippen LogP contribution in [0.4, 0.5) is 0 Å². The van der Waals surface area contributed by atoms with Gasteiger partial charge in [-0.15, -0.1) is 0 Å². The quantitative estimate of drug-likeness (QED) is 0.188. The van der Waals surface area contributed by atoms with Crippen molar-refractivity contribution in [3.63, 3.8) is 0 Å². The minimum Gasteiger partial charge on any atom is -0.309 e. The van der Waals surface area contributed by atoms with Gasteiger partial charge in [-0.1, -0.05) is 140 Å². The van der Waals surface area contributed by atoms with Gasteiger partial charge in [-0.3, -0.25) is 0 Å². The van der Waals surface area contributed by atoms with Crippen LogP contribution >= 0.6 is 0 Å². The Hall–Kier alpha value is -6.38. The minimum absolute atomic E-state index is 1.16. The lowest BCUT2D eigenvalue weighted by Crippen LogP contribution is -1.96. The summed E-state index contributed by atoms with van der Waals surface area (Å²) in [5, 5.41) is 7.58. The molecule has 0 aliphatic carbocycles. The van der Waals surface area contributed by atoms with Crippen molar-refractivity contribution >= 4 is 54.4 Å². The summed E-state index contributed by atoms with van der Waals surface area (Å²) in [6.07, 6.45) is 0. The van der Waals surface area contributed by atoms with Gasteiger partial charge in [0.1, 0.15) is 0 Å². The molecule has 0 fully saturated rings. The van der Waals surface area contributed by atoms with Crippen LogP contribution in [0, 0.1) is 0 Å². The molecule has 2 heteroatoms. The van der Waals surface area contributed by atoms with Crippen LogP contribution in [0.2, 0.25) is 0 Å². The van der Waals surface area contributed by atoms with E-state index in [0.717, 1.165) is 11.4 Å². The van der Waals surface area contributed by atoms with Crippen molar-refractivity contribution in [2.24, 2.45) is 0 Å². The SMILES string of the molecule is c1ccc(-c2cccc(-n3c4ccccc4c4c5c6ccc7ccccc7c6n(-c6cccc(-c7ccccc7)c6)c5ccc43)c2)cc1. The van der Waals surface area contributed by atoms with Gasteiger partial charge in [0.25, 0.3) is 0 Å². The average molecular weight is 611 g/mol. The number of rotatable bonds is 4.